The Kier molecular flexibility index (Phi) is 5.78. The second kappa shape index (κ2) is 6.94. The second-order valence-corrected chi connectivity index (χ2v) is 6.88. The van der Waals surface area contributed by atoms with Gasteiger partial charge in [-0.1, -0.05) is 29.8 Å². The Morgan fingerprint density at radius 1 is 1.19 bits per heavy atom. The van der Waals surface area contributed by atoms with E-state index in [1.807, 2.05) is 27.7 Å². The zero-order valence-electron chi connectivity index (χ0n) is 13.8. The SMILES string of the molecule is Cc1ccc(CCC(C)(CN)NC(=O)OC(C)(C)C)cc1. The van der Waals surface area contributed by atoms with Crippen LogP contribution in [0.3, 0.4) is 0 Å². The third-order valence-electron chi connectivity index (χ3n) is 3.34. The summed E-state index contributed by atoms with van der Waals surface area (Å²) in [5.41, 5.74) is 7.35. The summed E-state index contributed by atoms with van der Waals surface area (Å²) in [5.74, 6) is 0. The standard InChI is InChI=1S/C17H28N2O2/c1-13-6-8-14(9-7-13)10-11-17(5,12-18)19-15(20)21-16(2,3)4/h6-9H,10-12,18H2,1-5H3,(H,19,20). The maximum absolute atomic E-state index is 11.9. The molecule has 1 unspecified atom stereocenters. The van der Waals surface area contributed by atoms with E-state index < -0.39 is 17.2 Å². The van der Waals surface area contributed by atoms with Gasteiger partial charge in [-0.25, -0.2) is 4.79 Å². The van der Waals surface area contributed by atoms with Gasteiger partial charge in [0, 0.05) is 6.54 Å². The predicted octanol–water partition coefficient (Wildman–Crippen LogP) is 3.17. The third kappa shape index (κ3) is 6.63. The highest BCUT2D eigenvalue weighted by Gasteiger charge is 2.27. The maximum atomic E-state index is 11.9. The molecule has 0 saturated heterocycles. The molecule has 1 amide bonds. The van der Waals surface area contributed by atoms with Gasteiger partial charge in [-0.3, -0.25) is 0 Å². The summed E-state index contributed by atoms with van der Waals surface area (Å²) in [6, 6.07) is 8.41. The molecule has 0 spiro atoms. The molecule has 0 bridgehead atoms. The lowest BCUT2D eigenvalue weighted by atomic mass is 9.93. The van der Waals surface area contributed by atoms with Gasteiger partial charge in [-0.15, -0.1) is 0 Å². The van der Waals surface area contributed by atoms with E-state index in [0.717, 1.165) is 12.8 Å². The Hall–Kier alpha value is -1.55. The number of hydrogen-bond acceptors (Lipinski definition) is 3. The molecule has 1 aromatic rings. The van der Waals surface area contributed by atoms with Crippen LogP contribution in [0.5, 0.6) is 0 Å². The van der Waals surface area contributed by atoms with Gasteiger partial charge in [0.05, 0.1) is 5.54 Å². The molecule has 0 saturated carbocycles. The van der Waals surface area contributed by atoms with Crippen LogP contribution in [0, 0.1) is 6.92 Å². The van der Waals surface area contributed by atoms with Crippen molar-refractivity contribution in [3.8, 4) is 0 Å². The quantitative estimate of drug-likeness (QED) is 0.876. The van der Waals surface area contributed by atoms with E-state index in [0.29, 0.717) is 6.54 Å². The Bertz CT molecular complexity index is 463. The number of nitrogens with one attached hydrogen (secondary N) is 1. The van der Waals surface area contributed by atoms with Gasteiger partial charge in [-0.2, -0.15) is 0 Å². The van der Waals surface area contributed by atoms with Gasteiger partial charge in [0.15, 0.2) is 0 Å². The van der Waals surface area contributed by atoms with Crippen LogP contribution in [0.4, 0.5) is 4.79 Å². The molecule has 0 aliphatic rings. The Morgan fingerprint density at radius 3 is 2.24 bits per heavy atom. The number of hydrogen-bond donors (Lipinski definition) is 2. The molecular weight excluding hydrogens is 264 g/mol. The lowest BCUT2D eigenvalue weighted by Gasteiger charge is -2.31. The fourth-order valence-electron chi connectivity index (χ4n) is 1.94. The van der Waals surface area contributed by atoms with Crippen LogP contribution in [-0.4, -0.2) is 23.8 Å². The van der Waals surface area contributed by atoms with Crippen molar-refractivity contribution in [1.29, 1.82) is 0 Å². The van der Waals surface area contributed by atoms with Crippen molar-refractivity contribution in [2.45, 2.75) is 58.6 Å². The molecule has 4 heteroatoms. The summed E-state index contributed by atoms with van der Waals surface area (Å²) in [6.45, 7) is 9.93. The van der Waals surface area contributed by atoms with Gasteiger partial charge < -0.3 is 15.8 Å². The topological polar surface area (TPSA) is 64.3 Å². The minimum absolute atomic E-state index is 0.373. The largest absolute Gasteiger partial charge is 0.444 e. The van der Waals surface area contributed by atoms with E-state index in [4.69, 9.17) is 10.5 Å². The Balaban J connectivity index is 2.59. The highest BCUT2D eigenvalue weighted by Crippen LogP contribution is 2.15. The molecule has 0 aliphatic carbocycles. The van der Waals surface area contributed by atoms with Gasteiger partial charge in [0.1, 0.15) is 5.60 Å². The fourth-order valence-corrected chi connectivity index (χ4v) is 1.94. The zero-order valence-corrected chi connectivity index (χ0v) is 13.8. The minimum atomic E-state index is -0.503. The number of rotatable bonds is 5. The van der Waals surface area contributed by atoms with Crippen molar-refractivity contribution in [1.82, 2.24) is 5.32 Å². The number of alkyl carbamates (subject to hydrolysis) is 1. The fraction of sp³-hybridized carbons (Fsp3) is 0.588. The highest BCUT2D eigenvalue weighted by molar-refractivity contribution is 5.68. The van der Waals surface area contributed by atoms with Crippen molar-refractivity contribution >= 4 is 6.09 Å². The second-order valence-electron chi connectivity index (χ2n) is 6.88. The van der Waals surface area contributed by atoms with Crippen molar-refractivity contribution < 1.29 is 9.53 Å². The molecule has 1 atom stereocenters. The Morgan fingerprint density at radius 2 is 1.76 bits per heavy atom. The number of nitrogens with two attached hydrogens (primary N) is 1. The minimum Gasteiger partial charge on any atom is -0.444 e. The number of ether oxygens (including phenoxy) is 1. The first-order valence-electron chi connectivity index (χ1n) is 7.40. The molecule has 4 nitrogen and oxygen atoms in total. The summed E-state index contributed by atoms with van der Waals surface area (Å²) in [5, 5.41) is 2.90. The zero-order chi connectivity index (χ0) is 16.1. The first kappa shape index (κ1) is 17.5. The highest BCUT2D eigenvalue weighted by atomic mass is 16.6. The third-order valence-corrected chi connectivity index (χ3v) is 3.34. The molecule has 3 N–H and O–H groups in total. The van der Waals surface area contributed by atoms with Gasteiger partial charge in [0.2, 0.25) is 0 Å². The number of carbonyl (C=O) groups is 1. The van der Waals surface area contributed by atoms with E-state index in [2.05, 4.69) is 36.5 Å². The van der Waals surface area contributed by atoms with Crippen LogP contribution in [0.25, 0.3) is 0 Å². The average molecular weight is 292 g/mol. The van der Waals surface area contributed by atoms with E-state index in [1.165, 1.54) is 11.1 Å². The van der Waals surface area contributed by atoms with E-state index in [9.17, 15) is 4.79 Å². The molecule has 21 heavy (non-hydrogen) atoms. The molecule has 0 radical (unpaired) electrons. The normalized spacial score (nSPS) is 14.4. The monoisotopic (exact) mass is 292 g/mol. The summed E-state index contributed by atoms with van der Waals surface area (Å²) in [4.78, 5) is 11.9. The molecule has 0 aliphatic heterocycles. The van der Waals surface area contributed by atoms with Crippen LogP contribution in [0.1, 0.15) is 45.2 Å². The summed E-state index contributed by atoms with van der Waals surface area (Å²) in [7, 11) is 0. The number of aryl methyl sites for hydroxylation is 2. The van der Waals surface area contributed by atoms with Crippen LogP contribution in [0.2, 0.25) is 0 Å². The van der Waals surface area contributed by atoms with Crippen molar-refractivity contribution in [2.75, 3.05) is 6.54 Å². The van der Waals surface area contributed by atoms with E-state index in [-0.39, 0.29) is 0 Å². The predicted molar refractivity (Wildman–Crippen MR) is 86.3 cm³/mol. The lowest BCUT2D eigenvalue weighted by molar-refractivity contribution is 0.0462. The van der Waals surface area contributed by atoms with Crippen molar-refractivity contribution in [2.24, 2.45) is 5.73 Å². The maximum Gasteiger partial charge on any atom is 0.408 e. The van der Waals surface area contributed by atoms with E-state index in [1.54, 1.807) is 0 Å². The lowest BCUT2D eigenvalue weighted by Crippen LogP contribution is -2.52. The van der Waals surface area contributed by atoms with Crippen LogP contribution in [0.15, 0.2) is 24.3 Å². The van der Waals surface area contributed by atoms with Crippen molar-refractivity contribution in [3.63, 3.8) is 0 Å². The molecule has 118 valence electrons. The van der Waals surface area contributed by atoms with Crippen LogP contribution >= 0.6 is 0 Å². The van der Waals surface area contributed by atoms with Crippen LogP contribution in [-0.2, 0) is 11.2 Å². The van der Waals surface area contributed by atoms with Gasteiger partial charge in [-0.05, 0) is 53.0 Å². The Labute approximate surface area is 128 Å². The summed E-state index contributed by atoms with van der Waals surface area (Å²) in [6.07, 6.45) is 1.22. The molecular formula is C17H28N2O2. The van der Waals surface area contributed by atoms with Gasteiger partial charge in [0.25, 0.3) is 0 Å². The summed E-state index contributed by atoms with van der Waals surface area (Å²) < 4.78 is 5.30. The smallest absolute Gasteiger partial charge is 0.408 e. The first-order valence-corrected chi connectivity index (χ1v) is 7.40. The number of carbonyl (C=O) groups excluding carboxylic acids is 1. The number of benzene rings is 1. The van der Waals surface area contributed by atoms with Gasteiger partial charge >= 0.3 is 6.09 Å². The molecule has 1 aromatic carbocycles. The van der Waals surface area contributed by atoms with Crippen molar-refractivity contribution in [3.05, 3.63) is 35.4 Å². The molecule has 1 rings (SSSR count). The molecule has 0 aromatic heterocycles. The van der Waals surface area contributed by atoms with Crippen LogP contribution < -0.4 is 11.1 Å². The number of amides is 1. The summed E-state index contributed by atoms with van der Waals surface area (Å²) >= 11 is 0. The molecule has 0 heterocycles. The molecule has 0 fully saturated rings. The van der Waals surface area contributed by atoms with E-state index >= 15 is 0 Å². The average Bonchev–Trinajstić information content (AvgIpc) is 2.36. The first-order chi connectivity index (χ1) is 9.63.